The van der Waals surface area contributed by atoms with E-state index in [4.69, 9.17) is 10.5 Å². The van der Waals surface area contributed by atoms with Crippen LogP contribution in [0, 0.1) is 0 Å². The third-order valence-electron chi connectivity index (χ3n) is 3.45. The number of benzene rings is 1. The van der Waals surface area contributed by atoms with Gasteiger partial charge in [-0.05, 0) is 24.6 Å². The quantitative estimate of drug-likeness (QED) is 0.716. The van der Waals surface area contributed by atoms with Gasteiger partial charge in [-0.25, -0.2) is 15.0 Å². The van der Waals surface area contributed by atoms with Gasteiger partial charge in [0.1, 0.15) is 18.5 Å². The third kappa shape index (κ3) is 2.94. The van der Waals surface area contributed by atoms with Crippen molar-refractivity contribution in [3.63, 3.8) is 0 Å². The topological polar surface area (TPSA) is 113 Å². The van der Waals surface area contributed by atoms with Gasteiger partial charge in [-0.3, -0.25) is 14.2 Å². The van der Waals surface area contributed by atoms with E-state index in [9.17, 15) is 9.59 Å². The zero-order valence-corrected chi connectivity index (χ0v) is 13.0. The fourth-order valence-corrected chi connectivity index (χ4v) is 2.27. The number of rotatable bonds is 4. The second-order valence-corrected chi connectivity index (χ2v) is 5.03. The second-order valence-electron chi connectivity index (χ2n) is 5.03. The van der Waals surface area contributed by atoms with Gasteiger partial charge in [0.25, 0.3) is 5.91 Å². The van der Waals surface area contributed by atoms with Gasteiger partial charge in [-0.2, -0.15) is 0 Å². The highest BCUT2D eigenvalue weighted by Gasteiger charge is 2.18. The first-order chi connectivity index (χ1) is 11.6. The molecule has 0 amide bonds. The first-order valence-corrected chi connectivity index (χ1v) is 7.33. The highest BCUT2D eigenvalue weighted by molar-refractivity contribution is 5.98. The van der Waals surface area contributed by atoms with Crippen LogP contribution in [0.4, 0.5) is 5.82 Å². The molecule has 0 bridgehead atoms. The molecule has 24 heavy (non-hydrogen) atoms. The molecule has 0 saturated carbocycles. The van der Waals surface area contributed by atoms with Gasteiger partial charge >= 0.3 is 5.97 Å². The number of aromatic nitrogens is 4. The first-order valence-electron chi connectivity index (χ1n) is 7.33. The molecule has 0 aromatic heterocycles. The van der Waals surface area contributed by atoms with Crippen molar-refractivity contribution in [2.75, 3.05) is 12.3 Å². The second kappa shape index (κ2) is 6.45. The SMILES string of the molecule is CCOC(=O)Cc1ccc(C(=O)n2cnc3ncnc-3c2N)cc1. The minimum absolute atomic E-state index is 0.161. The van der Waals surface area contributed by atoms with E-state index in [0.29, 0.717) is 23.7 Å². The number of ether oxygens (including phenoxy) is 1. The Morgan fingerprint density at radius 3 is 2.62 bits per heavy atom. The summed E-state index contributed by atoms with van der Waals surface area (Å²) >= 11 is 0. The van der Waals surface area contributed by atoms with Crippen LogP contribution in [0.2, 0.25) is 0 Å². The van der Waals surface area contributed by atoms with E-state index in [0.717, 1.165) is 5.56 Å². The van der Waals surface area contributed by atoms with Crippen LogP contribution in [-0.4, -0.2) is 38.0 Å². The van der Waals surface area contributed by atoms with Crippen LogP contribution < -0.4 is 5.73 Å². The number of hydrogen-bond acceptors (Lipinski definition) is 7. The Morgan fingerprint density at radius 2 is 1.92 bits per heavy atom. The molecule has 1 aromatic carbocycles. The normalized spacial score (nSPS) is 10.7. The zero-order valence-electron chi connectivity index (χ0n) is 13.0. The lowest BCUT2D eigenvalue weighted by molar-refractivity contribution is -0.142. The molecule has 0 fully saturated rings. The minimum atomic E-state index is -0.340. The van der Waals surface area contributed by atoms with E-state index >= 15 is 0 Å². The summed E-state index contributed by atoms with van der Waals surface area (Å²) in [6.07, 6.45) is 2.82. The van der Waals surface area contributed by atoms with Gasteiger partial charge in [0, 0.05) is 5.56 Å². The fourth-order valence-electron chi connectivity index (χ4n) is 2.27. The van der Waals surface area contributed by atoms with Crippen LogP contribution in [0.25, 0.3) is 11.5 Å². The number of nitrogens with zero attached hydrogens (tertiary/aromatic N) is 4. The summed E-state index contributed by atoms with van der Waals surface area (Å²) < 4.78 is 6.11. The van der Waals surface area contributed by atoms with E-state index in [2.05, 4.69) is 15.0 Å². The van der Waals surface area contributed by atoms with Crippen LogP contribution >= 0.6 is 0 Å². The predicted molar refractivity (Wildman–Crippen MR) is 85.4 cm³/mol. The van der Waals surface area contributed by atoms with E-state index < -0.39 is 0 Å². The van der Waals surface area contributed by atoms with Gasteiger partial charge in [0.05, 0.1) is 13.0 Å². The molecule has 0 spiro atoms. The van der Waals surface area contributed by atoms with Crippen molar-refractivity contribution < 1.29 is 14.3 Å². The number of nitrogen functional groups attached to an aromatic ring is 1. The summed E-state index contributed by atoms with van der Waals surface area (Å²) in [4.78, 5) is 36.0. The Kier molecular flexibility index (Phi) is 4.19. The van der Waals surface area contributed by atoms with Crippen molar-refractivity contribution in [3.05, 3.63) is 48.0 Å². The summed E-state index contributed by atoms with van der Waals surface area (Å²) in [5.41, 5.74) is 7.53. The van der Waals surface area contributed by atoms with Gasteiger partial charge in [-0.15, -0.1) is 0 Å². The Balaban J connectivity index is 1.83. The van der Waals surface area contributed by atoms with Crippen LogP contribution in [-0.2, 0) is 16.0 Å². The number of fused-ring (bicyclic) bond motifs is 1. The molecule has 8 heteroatoms. The highest BCUT2D eigenvalue weighted by Crippen LogP contribution is 2.22. The Hall–Kier alpha value is -3.29. The molecule has 0 unspecified atom stereocenters. The number of carbonyl (C=O) groups is 2. The van der Waals surface area contributed by atoms with Gasteiger partial charge in [0.15, 0.2) is 11.5 Å². The van der Waals surface area contributed by atoms with Gasteiger partial charge in [0.2, 0.25) is 0 Å². The van der Waals surface area contributed by atoms with Crippen LogP contribution in [0.3, 0.4) is 0 Å². The number of nitrogens with two attached hydrogens (primary N) is 1. The molecular formula is C16H15N5O3. The minimum Gasteiger partial charge on any atom is -0.466 e. The van der Waals surface area contributed by atoms with Crippen LogP contribution in [0.15, 0.2) is 36.9 Å². The summed E-state index contributed by atoms with van der Waals surface area (Å²) in [6, 6.07) is 6.67. The number of anilines is 1. The lowest BCUT2D eigenvalue weighted by Crippen LogP contribution is -2.18. The maximum Gasteiger partial charge on any atom is 0.310 e. The molecule has 2 aliphatic rings. The predicted octanol–water partition coefficient (Wildman–Crippen LogP) is 1.15. The molecule has 2 N–H and O–H groups in total. The number of esters is 1. The van der Waals surface area contributed by atoms with E-state index in [1.807, 2.05) is 0 Å². The largest absolute Gasteiger partial charge is 0.466 e. The first kappa shape index (κ1) is 15.6. The molecule has 1 aromatic rings. The Labute approximate surface area is 137 Å². The Bertz CT molecular complexity index is 857. The van der Waals surface area contributed by atoms with Crippen molar-refractivity contribution in [1.82, 2.24) is 19.5 Å². The third-order valence-corrected chi connectivity index (χ3v) is 3.45. The van der Waals surface area contributed by atoms with Crippen molar-refractivity contribution in [3.8, 4) is 11.5 Å². The standard InChI is InChI=1S/C16H15N5O3/c1-2-24-12(22)7-10-3-5-11(6-4-10)16(23)21-9-20-15-13(14(21)17)18-8-19-15/h3-6,8-9H,2,7,17H2,1H3. The monoisotopic (exact) mass is 325 g/mol. The molecule has 122 valence electrons. The molecule has 0 radical (unpaired) electrons. The average Bonchev–Trinajstić information content (AvgIpc) is 3.05. The lowest BCUT2D eigenvalue weighted by atomic mass is 10.1. The Morgan fingerprint density at radius 1 is 1.17 bits per heavy atom. The fraction of sp³-hybridized carbons (Fsp3) is 0.188. The van der Waals surface area contributed by atoms with E-state index in [1.54, 1.807) is 31.2 Å². The van der Waals surface area contributed by atoms with Crippen molar-refractivity contribution in [2.45, 2.75) is 13.3 Å². The number of hydrogen-bond donors (Lipinski definition) is 1. The lowest BCUT2D eigenvalue weighted by Gasteiger charge is -2.11. The van der Waals surface area contributed by atoms with Crippen LogP contribution in [0.1, 0.15) is 22.8 Å². The summed E-state index contributed by atoms with van der Waals surface area (Å²) in [5, 5.41) is 0. The number of carbonyl (C=O) groups excluding carboxylic acids is 2. The van der Waals surface area contributed by atoms with Crippen molar-refractivity contribution in [1.29, 1.82) is 0 Å². The molecule has 8 nitrogen and oxygen atoms in total. The number of imidazole rings is 1. The van der Waals surface area contributed by atoms with Crippen molar-refractivity contribution in [2.24, 2.45) is 0 Å². The highest BCUT2D eigenvalue weighted by atomic mass is 16.5. The molecule has 0 atom stereocenters. The molecule has 0 aliphatic carbocycles. The average molecular weight is 325 g/mol. The molecule has 2 aliphatic heterocycles. The van der Waals surface area contributed by atoms with Gasteiger partial charge < -0.3 is 10.5 Å². The van der Waals surface area contributed by atoms with E-state index in [-0.39, 0.29) is 24.1 Å². The maximum atomic E-state index is 12.6. The van der Waals surface area contributed by atoms with Crippen molar-refractivity contribution >= 4 is 17.7 Å². The summed E-state index contributed by atoms with van der Waals surface area (Å²) in [5.74, 6) is -0.0772. The summed E-state index contributed by atoms with van der Waals surface area (Å²) in [7, 11) is 0. The molecule has 2 heterocycles. The summed E-state index contributed by atoms with van der Waals surface area (Å²) in [6.45, 7) is 2.09. The zero-order chi connectivity index (χ0) is 17.1. The molecule has 0 saturated heterocycles. The van der Waals surface area contributed by atoms with E-state index in [1.165, 1.54) is 17.2 Å². The smallest absolute Gasteiger partial charge is 0.310 e. The maximum absolute atomic E-state index is 12.6. The molecular weight excluding hydrogens is 310 g/mol. The van der Waals surface area contributed by atoms with Gasteiger partial charge in [-0.1, -0.05) is 12.1 Å². The van der Waals surface area contributed by atoms with Crippen LogP contribution in [0.5, 0.6) is 0 Å². The molecule has 3 rings (SSSR count).